The van der Waals surface area contributed by atoms with E-state index in [0.717, 1.165) is 24.3 Å². The summed E-state index contributed by atoms with van der Waals surface area (Å²) in [5.41, 5.74) is 5.10. The number of benzene rings is 2. The summed E-state index contributed by atoms with van der Waals surface area (Å²) in [6.45, 7) is 0. The first-order chi connectivity index (χ1) is 9.92. The average Bonchev–Trinajstić information content (AvgIpc) is 2.45. The van der Waals surface area contributed by atoms with E-state index in [1.807, 2.05) is 0 Å². The van der Waals surface area contributed by atoms with E-state index in [1.165, 1.54) is 6.07 Å². The second kappa shape index (κ2) is 6.04. The number of hydrogen-bond acceptors (Lipinski definition) is 3. The Kier molecular flexibility index (Phi) is 4.37. The fraction of sp³-hybridized carbons (Fsp3) is 0. The number of nitrogens with zero attached hydrogens (tertiary/aromatic N) is 1. The molecule has 0 saturated heterocycles. The maximum absolute atomic E-state index is 13.9. The smallest absolute Gasteiger partial charge is 0.170 e. The number of nitrogens with two attached hydrogens (primary N) is 1. The lowest BCUT2D eigenvalue weighted by molar-refractivity contribution is 0.318. The molecule has 0 aliphatic heterocycles. The zero-order chi connectivity index (χ0) is 15.6. The van der Waals surface area contributed by atoms with E-state index in [-0.39, 0.29) is 10.5 Å². The minimum absolute atomic E-state index is 0.128. The number of halogens is 4. The van der Waals surface area contributed by atoms with Crippen molar-refractivity contribution in [2.24, 2.45) is 10.9 Å². The standard InChI is InChI=1S/C13H8F4N2OS/c14-8-2-1-7(5-9(8)15)21-12-10(16)3-6(4-11(12)17)13(18)19-20/h1-5,20H,(H2,18,19). The minimum Gasteiger partial charge on any atom is -0.409 e. The molecule has 0 aliphatic rings. The molecule has 2 aromatic carbocycles. The highest BCUT2D eigenvalue weighted by atomic mass is 32.2. The molecule has 21 heavy (non-hydrogen) atoms. The summed E-state index contributed by atoms with van der Waals surface area (Å²) in [7, 11) is 0. The summed E-state index contributed by atoms with van der Waals surface area (Å²) in [5, 5.41) is 11.1. The lowest BCUT2D eigenvalue weighted by Gasteiger charge is -2.07. The van der Waals surface area contributed by atoms with Crippen LogP contribution < -0.4 is 5.73 Å². The van der Waals surface area contributed by atoms with Gasteiger partial charge < -0.3 is 10.9 Å². The fourth-order valence-corrected chi connectivity index (χ4v) is 2.37. The van der Waals surface area contributed by atoms with Crippen molar-refractivity contribution in [2.75, 3.05) is 0 Å². The zero-order valence-electron chi connectivity index (χ0n) is 10.3. The van der Waals surface area contributed by atoms with E-state index in [4.69, 9.17) is 10.9 Å². The van der Waals surface area contributed by atoms with Crippen LogP contribution in [0.25, 0.3) is 0 Å². The molecule has 3 nitrogen and oxygen atoms in total. The Labute approximate surface area is 121 Å². The average molecular weight is 316 g/mol. The lowest BCUT2D eigenvalue weighted by atomic mass is 10.2. The molecule has 2 rings (SSSR count). The first kappa shape index (κ1) is 15.2. The normalized spacial score (nSPS) is 11.7. The molecular formula is C13H8F4N2OS. The van der Waals surface area contributed by atoms with Gasteiger partial charge >= 0.3 is 0 Å². The highest BCUT2D eigenvalue weighted by Crippen LogP contribution is 2.33. The number of amidine groups is 1. The Morgan fingerprint density at radius 1 is 0.952 bits per heavy atom. The van der Waals surface area contributed by atoms with Crippen molar-refractivity contribution >= 4 is 17.6 Å². The highest BCUT2D eigenvalue weighted by Gasteiger charge is 2.15. The summed E-state index contributed by atoms with van der Waals surface area (Å²) >= 11 is 0.592. The molecule has 0 radical (unpaired) electrons. The van der Waals surface area contributed by atoms with Gasteiger partial charge in [-0.05, 0) is 30.3 Å². The van der Waals surface area contributed by atoms with Crippen molar-refractivity contribution in [1.29, 1.82) is 0 Å². The number of oxime groups is 1. The van der Waals surface area contributed by atoms with Gasteiger partial charge in [0.25, 0.3) is 0 Å². The highest BCUT2D eigenvalue weighted by molar-refractivity contribution is 7.99. The van der Waals surface area contributed by atoms with Gasteiger partial charge in [-0.1, -0.05) is 16.9 Å². The van der Waals surface area contributed by atoms with Crippen LogP contribution >= 0.6 is 11.8 Å². The summed E-state index contributed by atoms with van der Waals surface area (Å²) in [4.78, 5) is -0.279. The molecule has 0 fully saturated rings. The van der Waals surface area contributed by atoms with Gasteiger partial charge in [-0.2, -0.15) is 0 Å². The summed E-state index contributed by atoms with van der Waals surface area (Å²) in [5.74, 6) is -4.55. The van der Waals surface area contributed by atoms with Crippen LogP contribution in [0.5, 0.6) is 0 Å². The van der Waals surface area contributed by atoms with E-state index in [0.29, 0.717) is 11.8 Å². The first-order valence-electron chi connectivity index (χ1n) is 5.52. The molecule has 8 heteroatoms. The Bertz CT molecular complexity index is 698. The maximum atomic E-state index is 13.9. The monoisotopic (exact) mass is 316 g/mol. The number of hydrogen-bond donors (Lipinski definition) is 2. The van der Waals surface area contributed by atoms with Crippen molar-refractivity contribution in [3.63, 3.8) is 0 Å². The van der Waals surface area contributed by atoms with E-state index in [2.05, 4.69) is 5.16 Å². The first-order valence-corrected chi connectivity index (χ1v) is 6.34. The molecule has 0 saturated carbocycles. The SMILES string of the molecule is N/C(=N/O)c1cc(F)c(Sc2ccc(F)c(F)c2)c(F)c1. The van der Waals surface area contributed by atoms with Gasteiger partial charge in [0, 0.05) is 10.5 Å². The Morgan fingerprint density at radius 3 is 2.10 bits per heavy atom. The Balaban J connectivity index is 2.38. The molecule has 110 valence electrons. The zero-order valence-corrected chi connectivity index (χ0v) is 11.1. The Hall–Kier alpha value is -2.22. The van der Waals surface area contributed by atoms with E-state index in [9.17, 15) is 17.6 Å². The third kappa shape index (κ3) is 3.27. The fourth-order valence-electron chi connectivity index (χ4n) is 1.52. The van der Waals surface area contributed by atoms with Crippen molar-refractivity contribution in [1.82, 2.24) is 0 Å². The van der Waals surface area contributed by atoms with Gasteiger partial charge in [0.1, 0.15) is 11.6 Å². The van der Waals surface area contributed by atoms with Gasteiger partial charge in [-0.3, -0.25) is 0 Å². The van der Waals surface area contributed by atoms with Crippen LogP contribution in [0.1, 0.15) is 5.56 Å². The maximum Gasteiger partial charge on any atom is 0.170 e. The molecule has 0 spiro atoms. The van der Waals surface area contributed by atoms with Gasteiger partial charge in [0.15, 0.2) is 17.5 Å². The predicted octanol–water partition coefficient (Wildman–Crippen LogP) is 3.49. The van der Waals surface area contributed by atoms with Crippen LogP contribution in [0.3, 0.4) is 0 Å². The molecule has 0 heterocycles. The van der Waals surface area contributed by atoms with Crippen molar-refractivity contribution in [3.05, 3.63) is 59.2 Å². The third-order valence-electron chi connectivity index (χ3n) is 2.51. The van der Waals surface area contributed by atoms with Crippen LogP contribution in [-0.2, 0) is 0 Å². The van der Waals surface area contributed by atoms with Gasteiger partial charge in [0.05, 0.1) is 4.90 Å². The second-order valence-corrected chi connectivity index (χ2v) is 5.02. The van der Waals surface area contributed by atoms with Crippen molar-refractivity contribution < 1.29 is 22.8 Å². The van der Waals surface area contributed by atoms with E-state index in [1.54, 1.807) is 0 Å². The molecular weight excluding hydrogens is 308 g/mol. The van der Waals surface area contributed by atoms with Crippen LogP contribution in [0.2, 0.25) is 0 Å². The molecule has 0 amide bonds. The lowest BCUT2D eigenvalue weighted by Crippen LogP contribution is -2.14. The summed E-state index contributed by atoms with van der Waals surface area (Å²) in [6.07, 6.45) is 0. The topological polar surface area (TPSA) is 58.6 Å². The molecule has 0 unspecified atom stereocenters. The van der Waals surface area contributed by atoms with Crippen LogP contribution in [-0.4, -0.2) is 11.0 Å². The minimum atomic E-state index is -1.12. The van der Waals surface area contributed by atoms with Gasteiger partial charge in [-0.25, -0.2) is 17.6 Å². The van der Waals surface area contributed by atoms with Gasteiger partial charge in [0.2, 0.25) is 0 Å². The van der Waals surface area contributed by atoms with Crippen molar-refractivity contribution in [3.8, 4) is 0 Å². The molecule has 0 atom stereocenters. The van der Waals surface area contributed by atoms with E-state index >= 15 is 0 Å². The third-order valence-corrected chi connectivity index (χ3v) is 3.60. The summed E-state index contributed by atoms with van der Waals surface area (Å²) in [6, 6.07) is 4.63. The second-order valence-electron chi connectivity index (χ2n) is 3.93. The molecule has 0 bridgehead atoms. The van der Waals surface area contributed by atoms with Gasteiger partial charge in [-0.15, -0.1) is 0 Å². The molecule has 0 aromatic heterocycles. The summed E-state index contributed by atoms with van der Waals surface area (Å²) < 4.78 is 53.6. The molecule has 2 aromatic rings. The Morgan fingerprint density at radius 2 is 1.57 bits per heavy atom. The molecule has 3 N–H and O–H groups in total. The van der Waals surface area contributed by atoms with Crippen molar-refractivity contribution in [2.45, 2.75) is 9.79 Å². The predicted molar refractivity (Wildman–Crippen MR) is 69.3 cm³/mol. The van der Waals surface area contributed by atoms with Crippen LogP contribution in [0, 0.1) is 23.3 Å². The number of rotatable bonds is 3. The van der Waals surface area contributed by atoms with Crippen LogP contribution in [0.15, 0.2) is 45.3 Å². The molecule has 0 aliphatic carbocycles. The van der Waals surface area contributed by atoms with Crippen LogP contribution in [0.4, 0.5) is 17.6 Å². The van der Waals surface area contributed by atoms with E-state index < -0.39 is 34.0 Å². The quantitative estimate of drug-likeness (QED) is 0.300. The largest absolute Gasteiger partial charge is 0.409 e.